The molecule has 3 aromatic carbocycles. The van der Waals surface area contributed by atoms with E-state index in [4.69, 9.17) is 5.73 Å². The molecular formula is C28H24N6O. The van der Waals surface area contributed by atoms with Crippen molar-refractivity contribution in [2.75, 3.05) is 10.6 Å². The van der Waals surface area contributed by atoms with Gasteiger partial charge in [0, 0.05) is 23.5 Å². The number of azo groups is 1. The van der Waals surface area contributed by atoms with Crippen LogP contribution in [0.3, 0.4) is 0 Å². The summed E-state index contributed by atoms with van der Waals surface area (Å²) in [6.07, 6.45) is 3.56. The van der Waals surface area contributed by atoms with E-state index >= 15 is 0 Å². The molecule has 0 amide bonds. The second kappa shape index (κ2) is 10.0. The molecular weight excluding hydrogens is 436 g/mol. The highest BCUT2D eigenvalue weighted by Gasteiger charge is 2.15. The van der Waals surface area contributed by atoms with Crippen LogP contribution >= 0.6 is 0 Å². The van der Waals surface area contributed by atoms with Gasteiger partial charge in [0.15, 0.2) is 0 Å². The Morgan fingerprint density at radius 3 is 2.11 bits per heavy atom. The van der Waals surface area contributed by atoms with Crippen LogP contribution < -0.4 is 10.6 Å². The van der Waals surface area contributed by atoms with Gasteiger partial charge in [-0.3, -0.25) is 9.97 Å². The van der Waals surface area contributed by atoms with E-state index in [1.165, 1.54) is 0 Å². The largest absolute Gasteiger partial charge is 0.506 e. The molecule has 2 aromatic heterocycles. The van der Waals surface area contributed by atoms with Crippen LogP contribution in [0, 0.1) is 0 Å². The molecule has 0 aliphatic carbocycles. The lowest BCUT2D eigenvalue weighted by atomic mass is 10.1. The van der Waals surface area contributed by atoms with Gasteiger partial charge < -0.3 is 15.7 Å². The first-order valence-corrected chi connectivity index (χ1v) is 11.2. The highest BCUT2D eigenvalue weighted by Crippen LogP contribution is 2.38. The fourth-order valence-electron chi connectivity index (χ4n) is 3.94. The first kappa shape index (κ1) is 22.0. The zero-order valence-electron chi connectivity index (χ0n) is 19.0. The molecule has 0 aliphatic rings. The SMILES string of the molecule is Nc1ccc(N(Cc2ccccn2)Cc2ccccn2)c(/N=N/c2c(O)ccc3ccccc23)c1. The topological polar surface area (TPSA) is 100.0 Å². The third-order valence-corrected chi connectivity index (χ3v) is 5.64. The molecule has 0 unspecified atom stereocenters. The number of nitrogen functional groups attached to an aromatic ring is 1. The van der Waals surface area contributed by atoms with Gasteiger partial charge in [-0.1, -0.05) is 42.5 Å². The van der Waals surface area contributed by atoms with Crippen LogP contribution in [0.25, 0.3) is 10.8 Å². The van der Waals surface area contributed by atoms with Crippen LogP contribution in [0.4, 0.5) is 22.7 Å². The smallest absolute Gasteiger partial charge is 0.143 e. The fourth-order valence-corrected chi connectivity index (χ4v) is 3.94. The van der Waals surface area contributed by atoms with Crippen molar-refractivity contribution in [3.05, 3.63) is 115 Å². The zero-order valence-corrected chi connectivity index (χ0v) is 19.0. The third-order valence-electron chi connectivity index (χ3n) is 5.64. The molecule has 0 atom stereocenters. The molecule has 0 aliphatic heterocycles. The summed E-state index contributed by atoms with van der Waals surface area (Å²) in [6, 6.07) is 28.5. The molecule has 7 heteroatoms. The summed E-state index contributed by atoms with van der Waals surface area (Å²) in [5.74, 6) is 0.0664. The minimum atomic E-state index is 0.0664. The maximum absolute atomic E-state index is 10.5. The summed E-state index contributed by atoms with van der Waals surface area (Å²) in [6.45, 7) is 1.09. The van der Waals surface area contributed by atoms with Gasteiger partial charge in [-0.2, -0.15) is 0 Å². The Hall–Kier alpha value is -4.78. The maximum atomic E-state index is 10.5. The zero-order chi connectivity index (χ0) is 24.0. The van der Waals surface area contributed by atoms with Crippen molar-refractivity contribution in [3.8, 4) is 5.75 Å². The number of hydrogen-bond donors (Lipinski definition) is 2. The number of pyridine rings is 2. The third kappa shape index (κ3) is 5.09. The number of hydrogen-bond acceptors (Lipinski definition) is 7. The normalized spacial score (nSPS) is 11.2. The van der Waals surface area contributed by atoms with E-state index in [2.05, 4.69) is 25.1 Å². The molecule has 0 fully saturated rings. The van der Waals surface area contributed by atoms with Crippen molar-refractivity contribution < 1.29 is 5.11 Å². The number of rotatable bonds is 7. The Kier molecular flexibility index (Phi) is 6.30. The first-order chi connectivity index (χ1) is 17.2. The van der Waals surface area contributed by atoms with Gasteiger partial charge in [-0.15, -0.1) is 10.2 Å². The van der Waals surface area contributed by atoms with Crippen molar-refractivity contribution in [3.63, 3.8) is 0 Å². The second-order valence-corrected chi connectivity index (χ2v) is 8.10. The molecule has 0 radical (unpaired) electrons. The van der Waals surface area contributed by atoms with Crippen LogP contribution in [0.15, 0.2) is 114 Å². The summed E-state index contributed by atoms with van der Waals surface area (Å²) < 4.78 is 0. The van der Waals surface area contributed by atoms with Crippen LogP contribution in [-0.4, -0.2) is 15.1 Å². The molecule has 7 nitrogen and oxygen atoms in total. The van der Waals surface area contributed by atoms with Gasteiger partial charge in [0.25, 0.3) is 0 Å². The molecule has 0 bridgehead atoms. The Bertz CT molecular complexity index is 1430. The van der Waals surface area contributed by atoms with Gasteiger partial charge in [-0.05, 0) is 53.9 Å². The molecule has 2 heterocycles. The number of anilines is 2. The Morgan fingerprint density at radius 2 is 1.43 bits per heavy atom. The summed E-state index contributed by atoms with van der Waals surface area (Å²) >= 11 is 0. The lowest BCUT2D eigenvalue weighted by Crippen LogP contribution is -2.23. The number of aromatic nitrogens is 2. The Morgan fingerprint density at radius 1 is 0.743 bits per heavy atom. The van der Waals surface area contributed by atoms with Crippen molar-refractivity contribution in [1.29, 1.82) is 0 Å². The number of benzene rings is 3. The molecule has 0 saturated heterocycles. The molecule has 35 heavy (non-hydrogen) atoms. The molecule has 0 saturated carbocycles. The van der Waals surface area contributed by atoms with E-state index < -0.39 is 0 Å². The van der Waals surface area contributed by atoms with Crippen LogP contribution in [0.5, 0.6) is 5.75 Å². The summed E-state index contributed by atoms with van der Waals surface area (Å²) in [4.78, 5) is 11.1. The fraction of sp³-hybridized carbons (Fsp3) is 0.0714. The number of fused-ring (bicyclic) bond motifs is 1. The van der Waals surface area contributed by atoms with Crippen molar-refractivity contribution >= 4 is 33.5 Å². The average Bonchev–Trinajstić information content (AvgIpc) is 2.89. The minimum Gasteiger partial charge on any atom is -0.506 e. The van der Waals surface area contributed by atoms with E-state index in [0.717, 1.165) is 27.8 Å². The number of phenolic OH excluding ortho intramolecular Hbond substituents is 1. The number of phenols is 1. The highest BCUT2D eigenvalue weighted by atomic mass is 16.3. The van der Waals surface area contributed by atoms with Gasteiger partial charge >= 0.3 is 0 Å². The van der Waals surface area contributed by atoms with Crippen LogP contribution in [-0.2, 0) is 13.1 Å². The van der Waals surface area contributed by atoms with Crippen molar-refractivity contribution in [1.82, 2.24) is 9.97 Å². The summed E-state index contributed by atoms with van der Waals surface area (Å²) in [5.41, 5.74) is 10.4. The summed E-state index contributed by atoms with van der Waals surface area (Å²) in [7, 11) is 0. The monoisotopic (exact) mass is 460 g/mol. The highest BCUT2D eigenvalue weighted by molar-refractivity contribution is 5.95. The van der Waals surface area contributed by atoms with Crippen LogP contribution in [0.2, 0.25) is 0 Å². The van der Waals surface area contributed by atoms with E-state index in [-0.39, 0.29) is 5.75 Å². The van der Waals surface area contributed by atoms with Crippen LogP contribution in [0.1, 0.15) is 11.4 Å². The lowest BCUT2D eigenvalue weighted by molar-refractivity contribution is 0.477. The van der Waals surface area contributed by atoms with Gasteiger partial charge in [0.2, 0.25) is 0 Å². The van der Waals surface area contributed by atoms with E-state index in [9.17, 15) is 5.11 Å². The maximum Gasteiger partial charge on any atom is 0.143 e. The van der Waals surface area contributed by atoms with E-state index in [1.807, 2.05) is 78.9 Å². The van der Waals surface area contributed by atoms with E-state index in [1.54, 1.807) is 24.5 Å². The predicted octanol–water partition coefficient (Wildman–Crippen LogP) is 6.54. The van der Waals surface area contributed by atoms with Crippen molar-refractivity contribution in [2.45, 2.75) is 13.1 Å². The van der Waals surface area contributed by atoms with Gasteiger partial charge in [0.1, 0.15) is 17.1 Å². The molecule has 3 N–H and O–H groups in total. The molecule has 0 spiro atoms. The quantitative estimate of drug-likeness (QED) is 0.212. The van der Waals surface area contributed by atoms with E-state index in [0.29, 0.717) is 30.2 Å². The average molecular weight is 461 g/mol. The standard InChI is InChI=1S/C28H24N6O/c29-21-12-13-26(34(18-22-8-3-5-15-30-22)19-23-9-4-6-16-31-23)25(17-21)32-33-28-24-10-2-1-7-20(24)11-14-27(28)35/h1-17,35H,18-19,29H2/b33-32+. The van der Waals surface area contributed by atoms with Crippen molar-refractivity contribution in [2.24, 2.45) is 10.2 Å². The Labute approximate surface area is 203 Å². The second-order valence-electron chi connectivity index (χ2n) is 8.10. The van der Waals surface area contributed by atoms with Gasteiger partial charge in [-0.25, -0.2) is 0 Å². The minimum absolute atomic E-state index is 0.0664. The predicted molar refractivity (Wildman–Crippen MR) is 139 cm³/mol. The number of aromatic hydroxyl groups is 1. The number of nitrogens with zero attached hydrogens (tertiary/aromatic N) is 5. The lowest BCUT2D eigenvalue weighted by Gasteiger charge is -2.25. The van der Waals surface area contributed by atoms with Gasteiger partial charge in [0.05, 0.1) is 30.2 Å². The Balaban J connectivity index is 1.57. The molecule has 172 valence electrons. The summed E-state index contributed by atoms with van der Waals surface area (Å²) in [5, 5.41) is 21.3. The molecule has 5 rings (SSSR count). The number of nitrogens with two attached hydrogens (primary N) is 1. The first-order valence-electron chi connectivity index (χ1n) is 11.2. The molecule has 5 aromatic rings.